The summed E-state index contributed by atoms with van der Waals surface area (Å²) in [5.41, 5.74) is 2.81. The molecule has 3 N–H and O–H groups in total. The van der Waals surface area contributed by atoms with Crippen molar-refractivity contribution in [1.82, 2.24) is 0 Å². The zero-order valence-electron chi connectivity index (χ0n) is 14.4. The van der Waals surface area contributed by atoms with E-state index in [9.17, 15) is 8.42 Å². The van der Waals surface area contributed by atoms with E-state index in [2.05, 4.69) is 5.32 Å². The molecule has 3 aromatic rings. The number of halogens is 1. The highest BCUT2D eigenvalue weighted by molar-refractivity contribution is 7.89. The predicted molar refractivity (Wildman–Crippen MR) is 107 cm³/mol. The Morgan fingerprint density at radius 3 is 2.22 bits per heavy atom. The van der Waals surface area contributed by atoms with Crippen LogP contribution in [-0.4, -0.2) is 8.42 Å². The number of anilines is 1. The molecule has 0 atom stereocenters. The largest absolute Gasteiger partial charge is 0.489 e. The molecule has 5 nitrogen and oxygen atoms in total. The minimum absolute atomic E-state index is 0.0908. The van der Waals surface area contributed by atoms with E-state index >= 15 is 0 Å². The molecular weight excluding hydrogens is 384 g/mol. The lowest BCUT2D eigenvalue weighted by molar-refractivity contribution is 0.306. The maximum atomic E-state index is 11.3. The van der Waals surface area contributed by atoms with Gasteiger partial charge in [-0.05, 0) is 48.0 Å². The lowest BCUT2D eigenvalue weighted by Crippen LogP contribution is -2.12. The van der Waals surface area contributed by atoms with E-state index < -0.39 is 10.0 Å². The Morgan fingerprint density at radius 2 is 1.59 bits per heavy atom. The molecule has 27 heavy (non-hydrogen) atoms. The molecule has 0 radical (unpaired) electrons. The summed E-state index contributed by atoms with van der Waals surface area (Å²) in [6.45, 7) is 1.01. The fourth-order valence-corrected chi connectivity index (χ4v) is 3.15. The minimum atomic E-state index is -3.67. The minimum Gasteiger partial charge on any atom is -0.489 e. The Morgan fingerprint density at radius 1 is 0.926 bits per heavy atom. The molecule has 0 unspecified atom stereocenters. The van der Waals surface area contributed by atoms with E-state index in [1.165, 1.54) is 12.1 Å². The predicted octanol–water partition coefficient (Wildman–Crippen LogP) is 4.18. The SMILES string of the molecule is NS(=O)(=O)c1ccc(NCc2ccc(OCc3ccccc3Cl)cc2)cc1. The summed E-state index contributed by atoms with van der Waals surface area (Å²) < 4.78 is 28.3. The van der Waals surface area contributed by atoms with Crippen LogP contribution >= 0.6 is 11.6 Å². The monoisotopic (exact) mass is 402 g/mol. The van der Waals surface area contributed by atoms with E-state index in [0.717, 1.165) is 22.6 Å². The molecule has 0 aliphatic carbocycles. The first-order valence-electron chi connectivity index (χ1n) is 8.24. The zero-order chi connectivity index (χ0) is 19.3. The highest BCUT2D eigenvalue weighted by Gasteiger charge is 2.06. The van der Waals surface area contributed by atoms with Crippen LogP contribution in [-0.2, 0) is 23.2 Å². The molecule has 0 saturated heterocycles. The van der Waals surface area contributed by atoms with Crippen LogP contribution in [0.5, 0.6) is 5.75 Å². The zero-order valence-corrected chi connectivity index (χ0v) is 16.0. The summed E-state index contributed by atoms with van der Waals surface area (Å²) in [7, 11) is -3.67. The molecule has 0 aliphatic heterocycles. The third-order valence-corrected chi connectivity index (χ3v) is 5.25. The highest BCUT2D eigenvalue weighted by Crippen LogP contribution is 2.19. The van der Waals surface area contributed by atoms with E-state index in [0.29, 0.717) is 18.2 Å². The second kappa shape index (κ2) is 8.43. The molecule has 3 aromatic carbocycles. The van der Waals surface area contributed by atoms with Crippen molar-refractivity contribution in [3.63, 3.8) is 0 Å². The van der Waals surface area contributed by atoms with Gasteiger partial charge >= 0.3 is 0 Å². The van der Waals surface area contributed by atoms with Crippen LogP contribution in [0.1, 0.15) is 11.1 Å². The van der Waals surface area contributed by atoms with Crippen molar-refractivity contribution >= 4 is 27.3 Å². The van der Waals surface area contributed by atoms with Gasteiger partial charge in [-0.3, -0.25) is 0 Å². The second-order valence-corrected chi connectivity index (χ2v) is 7.92. The van der Waals surface area contributed by atoms with Gasteiger partial charge in [-0.25, -0.2) is 13.6 Å². The van der Waals surface area contributed by atoms with Crippen LogP contribution in [0.2, 0.25) is 5.02 Å². The Balaban J connectivity index is 1.54. The van der Waals surface area contributed by atoms with E-state index in [1.54, 1.807) is 12.1 Å². The summed E-state index contributed by atoms with van der Waals surface area (Å²) in [6, 6.07) is 21.6. The summed E-state index contributed by atoms with van der Waals surface area (Å²) >= 11 is 6.12. The molecule has 3 rings (SSSR count). The fourth-order valence-electron chi connectivity index (χ4n) is 2.45. The number of hydrogen-bond acceptors (Lipinski definition) is 4. The number of benzene rings is 3. The van der Waals surface area contributed by atoms with Crippen molar-refractivity contribution in [3.8, 4) is 5.75 Å². The van der Waals surface area contributed by atoms with Gasteiger partial charge in [0.2, 0.25) is 10.0 Å². The van der Waals surface area contributed by atoms with Crippen LogP contribution in [0, 0.1) is 0 Å². The molecule has 140 valence electrons. The molecule has 0 aliphatic rings. The average molecular weight is 403 g/mol. The van der Waals surface area contributed by atoms with Gasteiger partial charge in [0.15, 0.2) is 0 Å². The number of hydrogen-bond donors (Lipinski definition) is 2. The van der Waals surface area contributed by atoms with E-state index in [1.807, 2.05) is 48.5 Å². The summed E-state index contributed by atoms with van der Waals surface area (Å²) in [4.78, 5) is 0.0908. The van der Waals surface area contributed by atoms with E-state index in [-0.39, 0.29) is 4.90 Å². The molecule has 0 saturated carbocycles. The summed E-state index contributed by atoms with van der Waals surface area (Å²) in [5.74, 6) is 0.760. The summed E-state index contributed by atoms with van der Waals surface area (Å²) in [6.07, 6.45) is 0. The van der Waals surface area contributed by atoms with Gasteiger partial charge < -0.3 is 10.1 Å². The summed E-state index contributed by atoms with van der Waals surface area (Å²) in [5, 5.41) is 9.01. The van der Waals surface area contributed by atoms with Gasteiger partial charge in [-0.2, -0.15) is 0 Å². The van der Waals surface area contributed by atoms with Gasteiger partial charge in [-0.1, -0.05) is 41.9 Å². The third-order valence-electron chi connectivity index (χ3n) is 3.96. The lowest BCUT2D eigenvalue weighted by Gasteiger charge is -2.10. The van der Waals surface area contributed by atoms with Crippen LogP contribution in [0.4, 0.5) is 5.69 Å². The van der Waals surface area contributed by atoms with Crippen LogP contribution in [0.15, 0.2) is 77.7 Å². The molecule has 0 spiro atoms. The first kappa shape index (κ1) is 19.2. The third kappa shape index (κ3) is 5.47. The van der Waals surface area contributed by atoms with Crippen molar-refractivity contribution in [2.45, 2.75) is 18.0 Å². The maximum Gasteiger partial charge on any atom is 0.238 e. The Bertz CT molecular complexity index is 1000. The number of sulfonamides is 1. The second-order valence-electron chi connectivity index (χ2n) is 5.95. The first-order chi connectivity index (χ1) is 12.9. The van der Waals surface area contributed by atoms with Crippen molar-refractivity contribution in [2.24, 2.45) is 5.14 Å². The van der Waals surface area contributed by atoms with Gasteiger partial charge in [0.25, 0.3) is 0 Å². The molecule has 0 amide bonds. The van der Waals surface area contributed by atoms with Crippen molar-refractivity contribution in [2.75, 3.05) is 5.32 Å². The van der Waals surface area contributed by atoms with Gasteiger partial charge in [-0.15, -0.1) is 0 Å². The standard InChI is InChI=1S/C20H19ClN2O3S/c21-20-4-2-1-3-16(20)14-26-18-9-5-15(6-10-18)13-23-17-7-11-19(12-8-17)27(22,24)25/h1-12,23H,13-14H2,(H2,22,24,25). The van der Waals surface area contributed by atoms with Crippen molar-refractivity contribution < 1.29 is 13.2 Å². The molecule has 7 heteroatoms. The lowest BCUT2D eigenvalue weighted by atomic mass is 10.2. The molecule has 0 heterocycles. The molecule has 0 aromatic heterocycles. The highest BCUT2D eigenvalue weighted by atomic mass is 35.5. The van der Waals surface area contributed by atoms with Gasteiger partial charge in [0, 0.05) is 22.8 Å². The Hall–Kier alpha value is -2.54. The van der Waals surface area contributed by atoms with Crippen molar-refractivity contribution in [1.29, 1.82) is 0 Å². The van der Waals surface area contributed by atoms with Gasteiger partial charge in [0.1, 0.15) is 12.4 Å². The normalized spacial score (nSPS) is 11.2. The quantitative estimate of drug-likeness (QED) is 0.621. The molecule has 0 bridgehead atoms. The Labute approximate surface area is 163 Å². The molecule has 0 fully saturated rings. The Kier molecular flexibility index (Phi) is 6.01. The first-order valence-corrected chi connectivity index (χ1v) is 10.2. The van der Waals surface area contributed by atoms with Gasteiger partial charge in [0.05, 0.1) is 4.90 Å². The van der Waals surface area contributed by atoms with Crippen molar-refractivity contribution in [3.05, 3.63) is 88.9 Å². The van der Waals surface area contributed by atoms with Crippen LogP contribution < -0.4 is 15.2 Å². The van der Waals surface area contributed by atoms with E-state index in [4.69, 9.17) is 21.5 Å². The average Bonchev–Trinajstić information content (AvgIpc) is 2.66. The number of ether oxygens (including phenoxy) is 1. The van der Waals surface area contributed by atoms with Crippen LogP contribution in [0.3, 0.4) is 0 Å². The number of rotatable bonds is 7. The van der Waals surface area contributed by atoms with Crippen LogP contribution in [0.25, 0.3) is 0 Å². The molecular formula is C20H19ClN2O3S. The fraction of sp³-hybridized carbons (Fsp3) is 0.100. The number of nitrogens with two attached hydrogens (primary N) is 1. The maximum absolute atomic E-state index is 11.3. The number of nitrogens with one attached hydrogen (secondary N) is 1. The topological polar surface area (TPSA) is 81.4 Å². The smallest absolute Gasteiger partial charge is 0.238 e. The number of primary sulfonamides is 1.